The molecule has 1 aliphatic heterocycles. The summed E-state index contributed by atoms with van der Waals surface area (Å²) in [6.45, 7) is 4.42. The average Bonchev–Trinajstić information content (AvgIpc) is 3.15. The Bertz CT molecular complexity index is 1020. The maximum Gasteiger partial charge on any atom is 0.350 e. The molecule has 2 heterocycles. The first-order valence-corrected chi connectivity index (χ1v) is 9.82. The molecule has 1 fully saturated rings. The predicted octanol–water partition coefficient (Wildman–Crippen LogP) is 2.17. The summed E-state index contributed by atoms with van der Waals surface area (Å²) in [4.78, 5) is 54.5. The molecule has 0 spiro atoms. The summed E-state index contributed by atoms with van der Waals surface area (Å²) in [7, 11) is 0. The number of aromatic nitrogens is 1. The Hall–Kier alpha value is -3.34. The highest BCUT2D eigenvalue weighted by Crippen LogP contribution is 2.29. The molecule has 0 radical (unpaired) electrons. The maximum absolute atomic E-state index is 13.2. The lowest BCUT2D eigenvalue weighted by atomic mass is 9.92. The number of nitrogens with zero attached hydrogens (tertiary/aromatic N) is 2. The Morgan fingerprint density at radius 1 is 1.30 bits per heavy atom. The molecule has 30 heavy (non-hydrogen) atoms. The number of ether oxygens (including phenoxy) is 1. The fourth-order valence-corrected chi connectivity index (χ4v) is 3.83. The van der Waals surface area contributed by atoms with Crippen molar-refractivity contribution in [3.05, 3.63) is 46.2 Å². The number of thiazole rings is 1. The lowest BCUT2D eigenvalue weighted by molar-refractivity contribution is -0.133. The summed E-state index contributed by atoms with van der Waals surface area (Å²) in [5, 5.41) is 5.17. The van der Waals surface area contributed by atoms with Crippen LogP contribution in [0.5, 0.6) is 0 Å². The fraction of sp³-hybridized carbons (Fsp3) is 0.316. The highest BCUT2D eigenvalue weighted by atomic mass is 32.1. The van der Waals surface area contributed by atoms with E-state index in [2.05, 4.69) is 15.6 Å². The Morgan fingerprint density at radius 2 is 1.97 bits per heavy atom. The summed E-state index contributed by atoms with van der Waals surface area (Å²) in [6, 6.07) is 4.41. The minimum atomic E-state index is -1.42. The van der Waals surface area contributed by atoms with Crippen LogP contribution in [-0.4, -0.2) is 46.9 Å². The second-order valence-corrected chi connectivity index (χ2v) is 7.65. The first-order chi connectivity index (χ1) is 14.2. The van der Waals surface area contributed by atoms with Crippen molar-refractivity contribution in [1.29, 1.82) is 0 Å². The van der Waals surface area contributed by atoms with Crippen molar-refractivity contribution in [3.63, 3.8) is 0 Å². The van der Waals surface area contributed by atoms with Crippen molar-refractivity contribution in [2.75, 3.05) is 18.5 Å². The van der Waals surface area contributed by atoms with E-state index in [9.17, 15) is 23.6 Å². The Morgan fingerprint density at radius 3 is 2.60 bits per heavy atom. The van der Waals surface area contributed by atoms with Gasteiger partial charge in [-0.15, -0.1) is 0 Å². The normalized spacial score (nSPS) is 18.3. The first-order valence-electron chi connectivity index (χ1n) is 9.00. The number of halogens is 1. The van der Waals surface area contributed by atoms with E-state index in [1.807, 2.05) is 0 Å². The summed E-state index contributed by atoms with van der Waals surface area (Å²) in [5.41, 5.74) is -0.632. The molecule has 0 saturated carbocycles. The zero-order chi connectivity index (χ0) is 22.1. The van der Waals surface area contributed by atoms with Crippen LogP contribution in [0.15, 0.2) is 24.3 Å². The highest BCUT2D eigenvalue weighted by molar-refractivity contribution is 7.17. The molecule has 0 bridgehead atoms. The quantitative estimate of drug-likeness (QED) is 0.532. The topological polar surface area (TPSA) is 118 Å². The molecular weight excluding hydrogens is 415 g/mol. The zero-order valence-electron chi connectivity index (χ0n) is 16.4. The van der Waals surface area contributed by atoms with Crippen LogP contribution in [0, 0.1) is 12.7 Å². The van der Waals surface area contributed by atoms with Gasteiger partial charge in [0.15, 0.2) is 5.13 Å². The van der Waals surface area contributed by atoms with Gasteiger partial charge in [0.1, 0.15) is 22.8 Å². The zero-order valence-corrected chi connectivity index (χ0v) is 17.3. The van der Waals surface area contributed by atoms with E-state index in [4.69, 9.17) is 4.74 Å². The predicted molar refractivity (Wildman–Crippen MR) is 105 cm³/mol. The number of anilines is 1. The van der Waals surface area contributed by atoms with E-state index in [1.165, 1.54) is 31.2 Å². The minimum absolute atomic E-state index is 0.147. The van der Waals surface area contributed by atoms with Crippen LogP contribution in [0.2, 0.25) is 0 Å². The number of amides is 4. The molecule has 11 heteroatoms. The second kappa shape index (κ2) is 8.19. The molecule has 0 aliphatic carbocycles. The van der Waals surface area contributed by atoms with Gasteiger partial charge in [0.25, 0.3) is 5.91 Å². The van der Waals surface area contributed by atoms with E-state index in [-0.39, 0.29) is 16.6 Å². The SMILES string of the molecule is CCOC(=O)c1sc(NC(=O)CN2C(=O)NC(C)(c3ccc(F)cc3)C2=O)nc1C. The molecule has 4 amide bonds. The van der Waals surface area contributed by atoms with E-state index in [1.54, 1.807) is 13.8 Å². The van der Waals surface area contributed by atoms with Gasteiger partial charge in [0.05, 0.1) is 12.3 Å². The molecule has 158 valence electrons. The van der Waals surface area contributed by atoms with Gasteiger partial charge in [-0.1, -0.05) is 23.5 Å². The van der Waals surface area contributed by atoms with Crippen LogP contribution in [0.4, 0.5) is 14.3 Å². The molecule has 1 aliphatic rings. The lowest BCUT2D eigenvalue weighted by Crippen LogP contribution is -2.42. The highest BCUT2D eigenvalue weighted by Gasteiger charge is 2.49. The van der Waals surface area contributed by atoms with Gasteiger partial charge in [-0.3, -0.25) is 14.5 Å². The van der Waals surface area contributed by atoms with Gasteiger partial charge in [-0.2, -0.15) is 0 Å². The van der Waals surface area contributed by atoms with Gasteiger partial charge in [0.2, 0.25) is 5.91 Å². The number of aryl methyl sites for hydroxylation is 1. The van der Waals surface area contributed by atoms with Crippen LogP contribution in [-0.2, 0) is 19.9 Å². The summed E-state index contributed by atoms with van der Waals surface area (Å²) in [6.07, 6.45) is 0. The number of imide groups is 1. The largest absolute Gasteiger partial charge is 0.462 e. The molecule has 1 atom stereocenters. The standard InChI is InChI=1S/C19H19FN4O5S/c1-4-29-15(26)14-10(2)21-17(30-14)22-13(25)9-24-16(27)19(3,23-18(24)28)11-5-7-12(20)8-6-11/h5-8H,4,9H2,1-3H3,(H,23,28)(H,21,22,25). The number of nitrogens with one attached hydrogen (secondary N) is 2. The maximum atomic E-state index is 13.2. The lowest BCUT2D eigenvalue weighted by Gasteiger charge is -2.22. The van der Waals surface area contributed by atoms with Crippen molar-refractivity contribution in [1.82, 2.24) is 15.2 Å². The van der Waals surface area contributed by atoms with Crippen LogP contribution < -0.4 is 10.6 Å². The molecular formula is C19H19FN4O5S. The average molecular weight is 434 g/mol. The molecule has 2 aromatic rings. The van der Waals surface area contributed by atoms with Crippen molar-refractivity contribution in [2.45, 2.75) is 26.3 Å². The second-order valence-electron chi connectivity index (χ2n) is 6.66. The van der Waals surface area contributed by atoms with Crippen molar-refractivity contribution in [2.24, 2.45) is 0 Å². The number of hydrogen-bond donors (Lipinski definition) is 2. The monoisotopic (exact) mass is 434 g/mol. The van der Waals surface area contributed by atoms with Gasteiger partial charge in [-0.25, -0.2) is 19.0 Å². The summed E-state index contributed by atoms with van der Waals surface area (Å²) < 4.78 is 18.1. The van der Waals surface area contributed by atoms with Crippen molar-refractivity contribution in [3.8, 4) is 0 Å². The number of carbonyl (C=O) groups excluding carboxylic acids is 4. The molecule has 1 unspecified atom stereocenters. The Labute approximate surface area is 175 Å². The van der Waals surface area contributed by atoms with Crippen LogP contribution in [0.25, 0.3) is 0 Å². The van der Waals surface area contributed by atoms with E-state index >= 15 is 0 Å². The molecule has 1 aromatic carbocycles. The van der Waals surface area contributed by atoms with Crippen LogP contribution in [0.3, 0.4) is 0 Å². The third-order valence-electron chi connectivity index (χ3n) is 4.50. The molecule has 1 aromatic heterocycles. The van der Waals surface area contributed by atoms with Gasteiger partial charge < -0.3 is 15.4 Å². The van der Waals surface area contributed by atoms with Crippen molar-refractivity contribution >= 4 is 40.3 Å². The smallest absolute Gasteiger partial charge is 0.350 e. The van der Waals surface area contributed by atoms with E-state index in [0.29, 0.717) is 11.3 Å². The number of hydrogen-bond acceptors (Lipinski definition) is 7. The van der Waals surface area contributed by atoms with E-state index < -0.39 is 41.7 Å². The Balaban J connectivity index is 1.70. The summed E-state index contributed by atoms with van der Waals surface area (Å²) in [5.74, 6) is -2.32. The number of carbonyl (C=O) groups is 4. The number of rotatable bonds is 6. The minimum Gasteiger partial charge on any atom is -0.462 e. The fourth-order valence-electron chi connectivity index (χ4n) is 2.96. The van der Waals surface area contributed by atoms with Gasteiger partial charge in [0, 0.05) is 0 Å². The number of benzene rings is 1. The third-order valence-corrected chi connectivity index (χ3v) is 5.55. The molecule has 2 N–H and O–H groups in total. The number of esters is 1. The number of urea groups is 1. The van der Waals surface area contributed by atoms with Gasteiger partial charge >= 0.3 is 12.0 Å². The first kappa shape index (κ1) is 21.4. The van der Waals surface area contributed by atoms with Gasteiger partial charge in [-0.05, 0) is 38.5 Å². The van der Waals surface area contributed by atoms with E-state index in [0.717, 1.165) is 16.2 Å². The third kappa shape index (κ3) is 4.01. The molecule has 3 rings (SSSR count). The molecule has 9 nitrogen and oxygen atoms in total. The van der Waals surface area contributed by atoms with Crippen LogP contribution >= 0.6 is 11.3 Å². The van der Waals surface area contributed by atoms with Crippen LogP contribution in [0.1, 0.15) is 34.8 Å². The van der Waals surface area contributed by atoms with Crippen molar-refractivity contribution < 1.29 is 28.3 Å². The molecule has 1 saturated heterocycles. The Kier molecular flexibility index (Phi) is 5.83. The summed E-state index contributed by atoms with van der Waals surface area (Å²) >= 11 is 0.936.